The SMILES string of the molecule is O=C(/C=C(\Nc1nccs1)c1ccc(Br)cc1)C(Cl)(Cl)Cl. The Morgan fingerprint density at radius 3 is 2.48 bits per heavy atom. The van der Waals surface area contributed by atoms with E-state index < -0.39 is 9.58 Å². The first-order valence-corrected chi connectivity index (χ1v) is 8.42. The third-order valence-corrected chi connectivity index (χ3v) is 4.16. The molecule has 1 heterocycles. The molecule has 0 aliphatic heterocycles. The molecule has 0 saturated heterocycles. The van der Waals surface area contributed by atoms with Crippen molar-refractivity contribution < 1.29 is 4.79 Å². The summed E-state index contributed by atoms with van der Waals surface area (Å²) in [5.74, 6) is -0.630. The average molecular weight is 427 g/mol. The number of thiazole rings is 1. The summed E-state index contributed by atoms with van der Waals surface area (Å²) in [5.41, 5.74) is 1.28. The largest absolute Gasteiger partial charge is 0.331 e. The fourth-order valence-electron chi connectivity index (χ4n) is 1.43. The lowest BCUT2D eigenvalue weighted by molar-refractivity contribution is -0.113. The van der Waals surface area contributed by atoms with E-state index in [2.05, 4.69) is 26.2 Å². The van der Waals surface area contributed by atoms with Crippen molar-refractivity contribution in [2.75, 3.05) is 5.32 Å². The van der Waals surface area contributed by atoms with Crippen LogP contribution >= 0.6 is 62.1 Å². The zero-order valence-corrected chi connectivity index (χ0v) is 15.0. The maximum atomic E-state index is 11.9. The van der Waals surface area contributed by atoms with Crippen molar-refractivity contribution in [1.29, 1.82) is 0 Å². The first kappa shape index (κ1) is 16.8. The monoisotopic (exact) mass is 424 g/mol. The van der Waals surface area contributed by atoms with Crippen LogP contribution in [0.1, 0.15) is 5.56 Å². The summed E-state index contributed by atoms with van der Waals surface area (Å²) in [6, 6.07) is 7.38. The van der Waals surface area contributed by atoms with Crippen LogP contribution in [0.25, 0.3) is 5.70 Å². The number of carbonyl (C=O) groups excluding carboxylic acids is 1. The van der Waals surface area contributed by atoms with Crippen molar-refractivity contribution in [1.82, 2.24) is 4.98 Å². The number of allylic oxidation sites excluding steroid dienone is 1. The zero-order valence-electron chi connectivity index (χ0n) is 10.3. The third-order valence-electron chi connectivity index (χ3n) is 2.38. The molecule has 110 valence electrons. The third kappa shape index (κ3) is 4.97. The quantitative estimate of drug-likeness (QED) is 0.533. The van der Waals surface area contributed by atoms with E-state index in [1.165, 1.54) is 17.4 Å². The summed E-state index contributed by atoms with van der Waals surface area (Å²) in [6.45, 7) is 0. The van der Waals surface area contributed by atoms with E-state index >= 15 is 0 Å². The van der Waals surface area contributed by atoms with E-state index in [1.807, 2.05) is 29.6 Å². The summed E-state index contributed by atoms with van der Waals surface area (Å²) in [4.78, 5) is 16.0. The molecule has 8 heteroatoms. The van der Waals surface area contributed by atoms with Crippen LogP contribution in [0.3, 0.4) is 0 Å². The standard InChI is InChI=1S/C13H8BrCl3N2OS/c14-9-3-1-8(2-4-9)10(7-11(20)13(15,16)17)19-12-18-5-6-21-12/h1-7H,(H,18,19)/b10-7-. The molecule has 0 aliphatic carbocycles. The number of benzene rings is 1. The number of rotatable bonds is 4. The summed E-state index contributed by atoms with van der Waals surface area (Å²) in [6.07, 6.45) is 2.92. The van der Waals surface area contributed by atoms with Crippen molar-refractivity contribution in [3.05, 3.63) is 52.0 Å². The number of halogens is 4. The van der Waals surface area contributed by atoms with Crippen molar-refractivity contribution in [2.45, 2.75) is 3.79 Å². The molecule has 1 aromatic carbocycles. The lowest BCUT2D eigenvalue weighted by Crippen LogP contribution is -2.17. The fraction of sp³-hybridized carbons (Fsp3) is 0.0769. The number of ketones is 1. The van der Waals surface area contributed by atoms with Gasteiger partial charge in [-0.05, 0) is 17.7 Å². The van der Waals surface area contributed by atoms with Gasteiger partial charge >= 0.3 is 0 Å². The molecule has 2 aromatic rings. The van der Waals surface area contributed by atoms with Crippen LogP contribution < -0.4 is 5.32 Å². The highest BCUT2D eigenvalue weighted by molar-refractivity contribution is 9.10. The molecule has 1 N–H and O–H groups in total. The van der Waals surface area contributed by atoms with E-state index in [0.717, 1.165) is 10.0 Å². The van der Waals surface area contributed by atoms with E-state index in [1.54, 1.807) is 6.20 Å². The van der Waals surface area contributed by atoms with Crippen molar-refractivity contribution in [2.24, 2.45) is 0 Å². The van der Waals surface area contributed by atoms with Crippen molar-refractivity contribution in [3.63, 3.8) is 0 Å². The van der Waals surface area contributed by atoms with E-state index in [0.29, 0.717) is 10.8 Å². The molecule has 2 rings (SSSR count). The Morgan fingerprint density at radius 2 is 1.95 bits per heavy atom. The number of carbonyl (C=O) groups is 1. The molecule has 0 spiro atoms. The number of alkyl halides is 3. The van der Waals surface area contributed by atoms with Gasteiger partial charge in [-0.25, -0.2) is 4.98 Å². The van der Waals surface area contributed by atoms with Crippen LogP contribution in [0, 0.1) is 0 Å². The molecule has 0 atom stereocenters. The van der Waals surface area contributed by atoms with Crippen LogP contribution in [0.4, 0.5) is 5.13 Å². The van der Waals surface area contributed by atoms with Crippen LogP contribution in [0.5, 0.6) is 0 Å². The summed E-state index contributed by atoms with van der Waals surface area (Å²) < 4.78 is -1.07. The molecule has 0 radical (unpaired) electrons. The van der Waals surface area contributed by atoms with Gasteiger partial charge in [0.05, 0.1) is 5.70 Å². The smallest absolute Gasteiger partial charge is 0.252 e. The number of hydrogen-bond acceptors (Lipinski definition) is 4. The first-order chi connectivity index (χ1) is 9.86. The van der Waals surface area contributed by atoms with Gasteiger partial charge in [0.25, 0.3) is 3.79 Å². The van der Waals surface area contributed by atoms with E-state index in [9.17, 15) is 4.79 Å². The van der Waals surface area contributed by atoms with Gasteiger partial charge in [-0.3, -0.25) is 4.79 Å². The van der Waals surface area contributed by atoms with Crippen molar-refractivity contribution >= 4 is 78.7 Å². The van der Waals surface area contributed by atoms with Crippen LogP contribution in [-0.2, 0) is 4.79 Å². The summed E-state index contributed by atoms with van der Waals surface area (Å²) >= 11 is 21.6. The molecule has 1 aromatic heterocycles. The number of aromatic nitrogens is 1. The molecule has 21 heavy (non-hydrogen) atoms. The Balaban J connectivity index is 2.36. The lowest BCUT2D eigenvalue weighted by atomic mass is 10.1. The molecule has 0 aliphatic rings. The average Bonchev–Trinajstić information content (AvgIpc) is 2.90. The van der Waals surface area contributed by atoms with Gasteiger partial charge in [0.1, 0.15) is 0 Å². The van der Waals surface area contributed by atoms with Gasteiger partial charge < -0.3 is 5.32 Å². The Labute approximate surface area is 149 Å². The minimum absolute atomic E-state index is 0.508. The van der Waals surface area contributed by atoms with E-state index in [-0.39, 0.29) is 0 Å². The number of nitrogens with zero attached hydrogens (tertiary/aromatic N) is 1. The van der Waals surface area contributed by atoms with Gasteiger partial charge in [-0.15, -0.1) is 11.3 Å². The highest BCUT2D eigenvalue weighted by Crippen LogP contribution is 2.30. The Bertz CT molecular complexity index is 651. The van der Waals surface area contributed by atoms with Crippen molar-refractivity contribution in [3.8, 4) is 0 Å². The van der Waals surface area contributed by atoms with Crippen LogP contribution in [0.15, 0.2) is 46.4 Å². The predicted molar refractivity (Wildman–Crippen MR) is 93.2 cm³/mol. The maximum absolute atomic E-state index is 11.9. The molecule has 0 saturated carbocycles. The first-order valence-electron chi connectivity index (χ1n) is 5.61. The second-order valence-electron chi connectivity index (χ2n) is 3.89. The minimum Gasteiger partial charge on any atom is -0.331 e. The minimum atomic E-state index is -1.99. The molecule has 3 nitrogen and oxygen atoms in total. The molecular formula is C13H8BrCl3N2OS. The second kappa shape index (κ2) is 7.11. The Morgan fingerprint density at radius 1 is 1.29 bits per heavy atom. The normalized spacial score (nSPS) is 12.3. The number of anilines is 1. The predicted octanol–water partition coefficient (Wildman–Crippen LogP) is 5.30. The molecule has 0 fully saturated rings. The van der Waals surface area contributed by atoms with Gasteiger partial charge in [-0.2, -0.15) is 0 Å². The van der Waals surface area contributed by atoms with Crippen LogP contribution in [0.2, 0.25) is 0 Å². The fourth-order valence-corrected chi connectivity index (χ4v) is 2.40. The topological polar surface area (TPSA) is 42.0 Å². The summed E-state index contributed by atoms with van der Waals surface area (Å²) in [5, 5.41) is 5.51. The maximum Gasteiger partial charge on any atom is 0.252 e. The van der Waals surface area contributed by atoms with Gasteiger partial charge in [0, 0.05) is 22.1 Å². The molecule has 0 bridgehead atoms. The Hall–Kier alpha value is -0.590. The van der Waals surface area contributed by atoms with Crippen LogP contribution in [-0.4, -0.2) is 14.6 Å². The number of hydrogen-bond donors (Lipinski definition) is 1. The molecular weight excluding hydrogens is 418 g/mol. The molecule has 0 amide bonds. The van der Waals surface area contributed by atoms with Gasteiger partial charge in [0.15, 0.2) is 5.13 Å². The van der Waals surface area contributed by atoms with E-state index in [4.69, 9.17) is 34.8 Å². The Kier molecular flexibility index (Phi) is 5.68. The second-order valence-corrected chi connectivity index (χ2v) is 7.98. The van der Waals surface area contributed by atoms with Gasteiger partial charge in [-0.1, -0.05) is 62.9 Å². The zero-order chi connectivity index (χ0) is 15.5. The van der Waals surface area contributed by atoms with Gasteiger partial charge in [0.2, 0.25) is 5.78 Å². The summed E-state index contributed by atoms with van der Waals surface area (Å²) in [7, 11) is 0. The molecule has 0 unspecified atom stereocenters. The highest BCUT2D eigenvalue weighted by Gasteiger charge is 2.29. The highest BCUT2D eigenvalue weighted by atomic mass is 79.9. The number of nitrogens with one attached hydrogen (secondary N) is 1. The lowest BCUT2D eigenvalue weighted by Gasteiger charge is -2.11.